The summed E-state index contributed by atoms with van der Waals surface area (Å²) in [6.45, 7) is 2.28. The summed E-state index contributed by atoms with van der Waals surface area (Å²) in [6, 6.07) is 0. The van der Waals surface area contributed by atoms with Crippen LogP contribution in [0.1, 0.15) is 83.4 Å². The number of imidazole rings is 1. The summed E-state index contributed by atoms with van der Waals surface area (Å²) in [5, 5.41) is 0. The molecule has 0 saturated heterocycles. The van der Waals surface area contributed by atoms with Gasteiger partial charge in [-0.3, -0.25) is 0 Å². The minimum absolute atomic E-state index is 1.12. The van der Waals surface area contributed by atoms with Crippen LogP contribution in [0.25, 0.3) is 0 Å². The van der Waals surface area contributed by atoms with Crippen LogP contribution in [0, 0.1) is 0 Å². The highest BCUT2D eigenvalue weighted by atomic mass is 14.9. The van der Waals surface area contributed by atoms with Gasteiger partial charge >= 0.3 is 0 Å². The van der Waals surface area contributed by atoms with Crippen LogP contribution in [0.4, 0.5) is 0 Å². The molecule has 0 fully saturated rings. The van der Waals surface area contributed by atoms with Crippen LogP contribution >= 0.6 is 0 Å². The molecule has 1 aromatic rings. The highest BCUT2D eigenvalue weighted by Crippen LogP contribution is 2.11. The van der Waals surface area contributed by atoms with Crippen molar-refractivity contribution in [3.63, 3.8) is 0 Å². The van der Waals surface area contributed by atoms with E-state index >= 15 is 0 Å². The fourth-order valence-electron chi connectivity index (χ4n) is 2.39. The largest absolute Gasteiger partial charge is 0.349 e. The Morgan fingerprint density at radius 2 is 1.39 bits per heavy atom. The van der Waals surface area contributed by atoms with E-state index in [0.717, 1.165) is 12.2 Å². The number of nitrogens with one attached hydrogen (secondary N) is 1. The zero-order valence-corrected chi connectivity index (χ0v) is 12.1. The van der Waals surface area contributed by atoms with Crippen molar-refractivity contribution in [3.05, 3.63) is 18.2 Å². The molecule has 0 saturated carbocycles. The molecule has 1 rings (SSSR count). The van der Waals surface area contributed by atoms with E-state index < -0.39 is 0 Å². The number of nitrogens with zero attached hydrogens (tertiary/aromatic N) is 1. The molecule has 104 valence electrons. The number of H-pyrrole nitrogens is 1. The third-order valence-electron chi connectivity index (χ3n) is 3.57. The molecule has 0 aliphatic rings. The van der Waals surface area contributed by atoms with Gasteiger partial charge in [-0.2, -0.15) is 0 Å². The molecule has 0 aliphatic carbocycles. The second-order valence-corrected chi connectivity index (χ2v) is 5.32. The topological polar surface area (TPSA) is 28.7 Å². The zero-order chi connectivity index (χ0) is 12.9. The first kappa shape index (κ1) is 15.3. The number of hydrogen-bond donors (Lipinski definition) is 1. The predicted octanol–water partition coefficient (Wildman–Crippen LogP) is 5.26. The van der Waals surface area contributed by atoms with E-state index in [-0.39, 0.29) is 0 Å². The average Bonchev–Trinajstić information content (AvgIpc) is 2.89. The maximum absolute atomic E-state index is 4.24. The number of aryl methyl sites for hydroxylation is 1. The van der Waals surface area contributed by atoms with Crippen LogP contribution in [0.15, 0.2) is 12.4 Å². The maximum Gasteiger partial charge on any atom is 0.105 e. The van der Waals surface area contributed by atoms with Crippen LogP contribution in [0.2, 0.25) is 0 Å². The van der Waals surface area contributed by atoms with Crippen LogP contribution < -0.4 is 0 Å². The lowest BCUT2D eigenvalue weighted by Crippen LogP contribution is -1.88. The van der Waals surface area contributed by atoms with Crippen LogP contribution in [0.5, 0.6) is 0 Å². The van der Waals surface area contributed by atoms with Crippen molar-refractivity contribution in [1.29, 1.82) is 0 Å². The van der Waals surface area contributed by atoms with Crippen molar-refractivity contribution in [1.82, 2.24) is 9.97 Å². The first-order valence-corrected chi connectivity index (χ1v) is 7.91. The van der Waals surface area contributed by atoms with E-state index in [1.54, 1.807) is 0 Å². The monoisotopic (exact) mass is 250 g/mol. The Hall–Kier alpha value is -0.790. The van der Waals surface area contributed by atoms with E-state index in [4.69, 9.17) is 0 Å². The van der Waals surface area contributed by atoms with E-state index in [2.05, 4.69) is 16.9 Å². The smallest absolute Gasteiger partial charge is 0.105 e. The van der Waals surface area contributed by atoms with Crippen molar-refractivity contribution in [2.75, 3.05) is 0 Å². The van der Waals surface area contributed by atoms with Crippen LogP contribution in [-0.4, -0.2) is 9.97 Å². The second kappa shape index (κ2) is 11.3. The minimum Gasteiger partial charge on any atom is -0.349 e. The van der Waals surface area contributed by atoms with Gasteiger partial charge < -0.3 is 4.98 Å². The molecular formula is C16H30N2. The van der Waals surface area contributed by atoms with Gasteiger partial charge in [0.15, 0.2) is 0 Å². The summed E-state index contributed by atoms with van der Waals surface area (Å²) in [6.07, 6.45) is 20.3. The van der Waals surface area contributed by atoms with Gasteiger partial charge in [-0.05, 0) is 6.42 Å². The molecule has 0 bridgehead atoms. The average molecular weight is 250 g/mol. The Morgan fingerprint density at radius 1 is 0.833 bits per heavy atom. The van der Waals surface area contributed by atoms with Gasteiger partial charge in [-0.15, -0.1) is 0 Å². The number of unbranched alkanes of at least 4 members (excludes halogenated alkanes) is 10. The standard InChI is InChI=1S/C16H30N2/c1-2-3-4-5-6-7-8-9-10-11-12-13-16-17-14-15-18-16/h14-15H,2-13H2,1H3,(H,17,18). The molecule has 0 aliphatic heterocycles. The Labute approximate surface area is 113 Å². The third kappa shape index (κ3) is 8.32. The molecule has 0 atom stereocenters. The fourth-order valence-corrected chi connectivity index (χ4v) is 2.39. The first-order valence-electron chi connectivity index (χ1n) is 7.91. The molecular weight excluding hydrogens is 220 g/mol. The van der Waals surface area contributed by atoms with Gasteiger partial charge in [-0.1, -0.05) is 71.1 Å². The quantitative estimate of drug-likeness (QED) is 0.503. The molecule has 0 aromatic carbocycles. The molecule has 2 nitrogen and oxygen atoms in total. The Kier molecular flexibility index (Phi) is 9.59. The van der Waals surface area contributed by atoms with Crippen molar-refractivity contribution in [3.8, 4) is 0 Å². The zero-order valence-electron chi connectivity index (χ0n) is 12.1. The molecule has 0 amide bonds. The molecule has 1 N–H and O–H groups in total. The summed E-state index contributed by atoms with van der Waals surface area (Å²) in [7, 11) is 0. The highest BCUT2D eigenvalue weighted by molar-refractivity contribution is 4.86. The van der Waals surface area contributed by atoms with Crippen molar-refractivity contribution < 1.29 is 0 Å². The summed E-state index contributed by atoms with van der Waals surface area (Å²) < 4.78 is 0. The van der Waals surface area contributed by atoms with Crippen LogP contribution in [-0.2, 0) is 6.42 Å². The Morgan fingerprint density at radius 3 is 1.89 bits per heavy atom. The first-order chi connectivity index (χ1) is 8.93. The molecule has 1 heterocycles. The van der Waals surface area contributed by atoms with E-state index in [9.17, 15) is 0 Å². The van der Waals surface area contributed by atoms with Crippen molar-refractivity contribution in [2.45, 2.75) is 84.0 Å². The summed E-state index contributed by atoms with van der Waals surface area (Å²) in [4.78, 5) is 7.40. The summed E-state index contributed by atoms with van der Waals surface area (Å²) in [5.74, 6) is 1.14. The lowest BCUT2D eigenvalue weighted by atomic mass is 10.1. The van der Waals surface area contributed by atoms with Gasteiger partial charge in [0.05, 0.1) is 0 Å². The lowest BCUT2D eigenvalue weighted by Gasteiger charge is -2.02. The number of aromatic nitrogens is 2. The maximum atomic E-state index is 4.24. The number of hydrogen-bond acceptors (Lipinski definition) is 1. The SMILES string of the molecule is CCCCCCCCCCCCCc1ncc[nH]1. The van der Waals surface area contributed by atoms with Gasteiger partial charge in [-0.25, -0.2) is 4.98 Å². The van der Waals surface area contributed by atoms with Crippen LogP contribution in [0.3, 0.4) is 0 Å². The third-order valence-corrected chi connectivity index (χ3v) is 3.57. The highest BCUT2D eigenvalue weighted by Gasteiger charge is 1.95. The van der Waals surface area contributed by atoms with Gasteiger partial charge in [0, 0.05) is 18.8 Å². The molecule has 1 aromatic heterocycles. The molecule has 2 heteroatoms. The number of rotatable bonds is 12. The molecule has 0 radical (unpaired) electrons. The predicted molar refractivity (Wildman–Crippen MR) is 78.8 cm³/mol. The Balaban J connectivity index is 1.73. The number of aromatic amines is 1. The van der Waals surface area contributed by atoms with Crippen molar-refractivity contribution >= 4 is 0 Å². The fraction of sp³-hybridized carbons (Fsp3) is 0.812. The van der Waals surface area contributed by atoms with E-state index in [1.807, 2.05) is 12.4 Å². The van der Waals surface area contributed by atoms with Crippen molar-refractivity contribution in [2.24, 2.45) is 0 Å². The second-order valence-electron chi connectivity index (χ2n) is 5.32. The summed E-state index contributed by atoms with van der Waals surface area (Å²) >= 11 is 0. The molecule has 0 unspecified atom stereocenters. The normalized spacial score (nSPS) is 10.9. The van der Waals surface area contributed by atoms with Gasteiger partial charge in [0.25, 0.3) is 0 Å². The van der Waals surface area contributed by atoms with E-state index in [1.165, 1.54) is 70.6 Å². The molecule has 0 spiro atoms. The Bertz CT molecular complexity index is 254. The van der Waals surface area contributed by atoms with Gasteiger partial charge in [0.1, 0.15) is 5.82 Å². The van der Waals surface area contributed by atoms with E-state index in [0.29, 0.717) is 0 Å². The lowest BCUT2D eigenvalue weighted by molar-refractivity contribution is 0.548. The molecule has 18 heavy (non-hydrogen) atoms. The minimum atomic E-state index is 1.12. The van der Waals surface area contributed by atoms with Gasteiger partial charge in [0.2, 0.25) is 0 Å². The summed E-state index contributed by atoms with van der Waals surface area (Å²) in [5.41, 5.74) is 0.